The van der Waals surface area contributed by atoms with Crippen molar-refractivity contribution < 1.29 is 27.5 Å². The number of hydrogen-bond acceptors (Lipinski definition) is 6. The number of esters is 2. The van der Waals surface area contributed by atoms with E-state index in [1.54, 1.807) is 18.2 Å². The summed E-state index contributed by atoms with van der Waals surface area (Å²) < 4.78 is 32.6. The molecule has 0 atom stereocenters. The molecule has 0 saturated heterocycles. The highest BCUT2D eigenvalue weighted by Gasteiger charge is 2.28. The largest absolute Gasteiger partial charge is 0.386 e. The molecule has 4 rings (SSSR count). The van der Waals surface area contributed by atoms with Crippen LogP contribution in [0.3, 0.4) is 0 Å². The van der Waals surface area contributed by atoms with Crippen LogP contribution in [-0.2, 0) is 19.6 Å². The van der Waals surface area contributed by atoms with Crippen LogP contribution < -0.4 is 10.0 Å². The molecular weight excluding hydrogens is 396 g/mol. The van der Waals surface area contributed by atoms with E-state index in [1.807, 2.05) is 0 Å². The first-order chi connectivity index (χ1) is 13.7. The summed E-state index contributed by atoms with van der Waals surface area (Å²) in [6, 6.07) is 13.4. The summed E-state index contributed by atoms with van der Waals surface area (Å²) in [4.78, 5) is 35.1. The van der Waals surface area contributed by atoms with E-state index >= 15 is 0 Å². The Hall–Kier alpha value is -3.72. The zero-order valence-electron chi connectivity index (χ0n) is 15.1. The van der Waals surface area contributed by atoms with E-state index in [9.17, 15) is 22.8 Å². The maximum atomic E-state index is 12.7. The van der Waals surface area contributed by atoms with Crippen molar-refractivity contribution in [3.63, 3.8) is 0 Å². The van der Waals surface area contributed by atoms with Crippen LogP contribution >= 0.6 is 0 Å². The second-order valence-electron chi connectivity index (χ2n) is 6.42. The Morgan fingerprint density at radius 2 is 1.59 bits per heavy atom. The van der Waals surface area contributed by atoms with Crippen molar-refractivity contribution >= 4 is 50.0 Å². The van der Waals surface area contributed by atoms with E-state index in [4.69, 9.17) is 4.74 Å². The number of cyclic esters (lactones) is 2. The molecule has 0 bridgehead atoms. The van der Waals surface area contributed by atoms with E-state index in [0.29, 0.717) is 16.5 Å². The zero-order valence-corrected chi connectivity index (χ0v) is 15.9. The number of nitrogens with one attached hydrogen (secondary N) is 2. The van der Waals surface area contributed by atoms with Crippen LogP contribution in [0.5, 0.6) is 0 Å². The van der Waals surface area contributed by atoms with Crippen molar-refractivity contribution in [3.8, 4) is 0 Å². The van der Waals surface area contributed by atoms with E-state index in [0.717, 1.165) is 0 Å². The minimum absolute atomic E-state index is 0.0214. The lowest BCUT2D eigenvalue weighted by Crippen LogP contribution is -2.20. The lowest BCUT2D eigenvalue weighted by Gasteiger charge is -2.17. The van der Waals surface area contributed by atoms with Crippen LogP contribution in [0.25, 0.3) is 10.8 Å². The summed E-state index contributed by atoms with van der Waals surface area (Å²) in [5, 5.41) is 3.51. The molecule has 29 heavy (non-hydrogen) atoms. The summed E-state index contributed by atoms with van der Waals surface area (Å²) >= 11 is 0. The molecule has 3 aromatic carbocycles. The van der Waals surface area contributed by atoms with E-state index in [1.165, 1.54) is 43.3 Å². The van der Waals surface area contributed by atoms with Crippen molar-refractivity contribution in [1.29, 1.82) is 0 Å². The van der Waals surface area contributed by atoms with Gasteiger partial charge < -0.3 is 10.1 Å². The smallest absolute Gasteiger partial charge is 0.346 e. The summed E-state index contributed by atoms with van der Waals surface area (Å²) in [5.41, 5.74) is 0.977. The van der Waals surface area contributed by atoms with E-state index < -0.39 is 22.0 Å². The predicted octanol–water partition coefficient (Wildman–Crippen LogP) is 2.91. The van der Waals surface area contributed by atoms with Crippen molar-refractivity contribution in [1.82, 2.24) is 0 Å². The van der Waals surface area contributed by atoms with Gasteiger partial charge in [0.1, 0.15) is 0 Å². The molecule has 1 aliphatic rings. The number of benzene rings is 3. The molecule has 0 spiro atoms. The Morgan fingerprint density at radius 3 is 2.28 bits per heavy atom. The number of carbonyl (C=O) groups is 3. The van der Waals surface area contributed by atoms with Gasteiger partial charge in [-0.3, -0.25) is 9.52 Å². The molecule has 1 amide bonds. The Morgan fingerprint density at radius 1 is 0.897 bits per heavy atom. The quantitative estimate of drug-likeness (QED) is 0.504. The van der Waals surface area contributed by atoms with E-state index in [-0.39, 0.29) is 27.6 Å². The molecule has 0 unspecified atom stereocenters. The lowest BCUT2D eigenvalue weighted by molar-refractivity contribution is -0.114. The molecular formula is C20H14N2O6S. The minimum atomic E-state index is -3.95. The molecule has 8 nitrogen and oxygen atoms in total. The predicted molar refractivity (Wildman–Crippen MR) is 105 cm³/mol. The molecule has 1 heterocycles. The Kier molecular flexibility index (Phi) is 4.31. The lowest BCUT2D eigenvalue weighted by atomic mass is 9.97. The van der Waals surface area contributed by atoms with Gasteiger partial charge in [-0.15, -0.1) is 0 Å². The summed E-state index contributed by atoms with van der Waals surface area (Å²) in [6.07, 6.45) is 0. The van der Waals surface area contributed by atoms with Gasteiger partial charge in [-0.25, -0.2) is 18.0 Å². The molecule has 0 radical (unpaired) electrons. The van der Waals surface area contributed by atoms with Gasteiger partial charge in [0.25, 0.3) is 10.0 Å². The highest BCUT2D eigenvalue weighted by molar-refractivity contribution is 7.92. The molecule has 1 aliphatic heterocycles. The maximum absolute atomic E-state index is 12.7. The van der Waals surface area contributed by atoms with Crippen molar-refractivity contribution in [2.45, 2.75) is 11.8 Å². The zero-order chi connectivity index (χ0) is 20.8. The van der Waals surface area contributed by atoms with Gasteiger partial charge in [0, 0.05) is 18.0 Å². The molecule has 0 aliphatic carbocycles. The number of sulfonamides is 1. The number of hydrogen-bond donors (Lipinski definition) is 2. The SMILES string of the molecule is CC(=O)Nc1ccc(S(=O)(=O)Nc2cc3c4c(cccc4c2)C(=O)OC3=O)cc1. The monoisotopic (exact) mass is 410 g/mol. The topological polar surface area (TPSA) is 119 Å². The molecule has 9 heteroatoms. The normalized spacial score (nSPS) is 13.1. The molecule has 0 saturated carbocycles. The fourth-order valence-electron chi connectivity index (χ4n) is 3.15. The second kappa shape index (κ2) is 6.71. The van der Waals surface area contributed by atoms with Gasteiger partial charge in [0.15, 0.2) is 0 Å². The Labute approximate surface area is 165 Å². The van der Waals surface area contributed by atoms with Crippen LogP contribution in [-0.4, -0.2) is 26.3 Å². The van der Waals surface area contributed by atoms with Gasteiger partial charge in [-0.2, -0.15) is 0 Å². The van der Waals surface area contributed by atoms with Crippen molar-refractivity contribution in [2.75, 3.05) is 10.0 Å². The number of rotatable bonds is 4. The van der Waals surface area contributed by atoms with Crippen LogP contribution in [0.1, 0.15) is 27.6 Å². The third-order valence-electron chi connectivity index (χ3n) is 4.34. The average Bonchev–Trinajstić information content (AvgIpc) is 2.65. The van der Waals surface area contributed by atoms with Gasteiger partial charge in [0.2, 0.25) is 5.91 Å². The molecule has 3 aromatic rings. The summed E-state index contributed by atoms with van der Waals surface area (Å²) in [5.74, 6) is -1.84. The van der Waals surface area contributed by atoms with Gasteiger partial charge >= 0.3 is 11.9 Å². The van der Waals surface area contributed by atoms with Crippen molar-refractivity contribution in [3.05, 3.63) is 65.7 Å². The highest BCUT2D eigenvalue weighted by atomic mass is 32.2. The van der Waals surface area contributed by atoms with E-state index in [2.05, 4.69) is 10.0 Å². The molecule has 2 N–H and O–H groups in total. The molecule has 146 valence electrons. The fourth-order valence-corrected chi connectivity index (χ4v) is 4.19. The summed E-state index contributed by atoms with van der Waals surface area (Å²) in [6.45, 7) is 1.35. The average molecular weight is 410 g/mol. The first-order valence-electron chi connectivity index (χ1n) is 8.48. The molecule has 0 fully saturated rings. The Balaban J connectivity index is 1.72. The van der Waals surface area contributed by atoms with Gasteiger partial charge in [-0.1, -0.05) is 12.1 Å². The number of anilines is 2. The number of carbonyl (C=O) groups excluding carboxylic acids is 3. The Bertz CT molecular complexity index is 1300. The second-order valence-corrected chi connectivity index (χ2v) is 8.10. The first kappa shape index (κ1) is 18.6. The maximum Gasteiger partial charge on any atom is 0.346 e. The minimum Gasteiger partial charge on any atom is -0.386 e. The number of ether oxygens (including phenoxy) is 1. The van der Waals surface area contributed by atoms with Crippen LogP contribution in [0.2, 0.25) is 0 Å². The van der Waals surface area contributed by atoms with Crippen molar-refractivity contribution in [2.24, 2.45) is 0 Å². The summed E-state index contributed by atoms with van der Waals surface area (Å²) in [7, 11) is -3.95. The van der Waals surface area contributed by atoms with Crippen LogP contribution in [0.4, 0.5) is 11.4 Å². The third-order valence-corrected chi connectivity index (χ3v) is 5.74. The molecule has 0 aromatic heterocycles. The van der Waals surface area contributed by atoms with Gasteiger partial charge in [0.05, 0.1) is 21.7 Å². The first-order valence-corrected chi connectivity index (χ1v) is 9.97. The van der Waals surface area contributed by atoms with Gasteiger partial charge in [-0.05, 0) is 47.9 Å². The fraction of sp³-hybridized carbons (Fsp3) is 0.0500. The third kappa shape index (κ3) is 3.43. The highest BCUT2D eigenvalue weighted by Crippen LogP contribution is 2.32. The van der Waals surface area contributed by atoms with Crippen LogP contribution in [0, 0.1) is 0 Å². The van der Waals surface area contributed by atoms with Crippen LogP contribution in [0.15, 0.2) is 59.5 Å². The number of amides is 1. The standard InChI is InChI=1S/C20H14N2O6S/c1-11(23)21-13-5-7-15(8-6-13)29(26,27)22-14-9-12-3-2-4-16-18(12)17(10-14)20(25)28-19(16)24/h2-10,22H,1H3,(H,21,23).